The van der Waals surface area contributed by atoms with Crippen LogP contribution in [0.4, 0.5) is 0 Å². The number of ether oxygens (including phenoxy) is 1. The number of carbonyl (C=O) groups is 1. The van der Waals surface area contributed by atoms with Gasteiger partial charge in [-0.15, -0.1) is 0 Å². The number of carbonyl (C=O) groups excluding carboxylic acids is 1. The third-order valence-electron chi connectivity index (χ3n) is 4.60. The standard InChI is InChI=1S/C18H28N2O4S/c1-14(2)25(22,23)19-12-15-7-6-10-20(13-15)18(21)11-16-8-4-5-9-17(16)24-3/h4-5,8-9,14-15,19H,6-7,10-13H2,1-3H3/t15-/m1/s1. The first-order chi connectivity index (χ1) is 11.8. The first-order valence-corrected chi connectivity index (χ1v) is 10.3. The van der Waals surface area contributed by atoms with E-state index in [1.807, 2.05) is 29.2 Å². The molecule has 1 aliphatic rings. The molecule has 7 heteroatoms. The largest absolute Gasteiger partial charge is 0.496 e. The Balaban J connectivity index is 1.93. The zero-order valence-electron chi connectivity index (χ0n) is 15.2. The fourth-order valence-corrected chi connectivity index (χ4v) is 3.78. The number of rotatable bonds is 7. The Hall–Kier alpha value is -1.60. The van der Waals surface area contributed by atoms with Crippen molar-refractivity contribution in [2.45, 2.75) is 38.4 Å². The number of hydrogen-bond acceptors (Lipinski definition) is 4. The molecule has 1 amide bonds. The Morgan fingerprint density at radius 3 is 2.76 bits per heavy atom. The molecule has 1 N–H and O–H groups in total. The number of para-hydroxylation sites is 1. The first-order valence-electron chi connectivity index (χ1n) is 8.71. The molecule has 1 aromatic carbocycles. The van der Waals surface area contributed by atoms with Gasteiger partial charge in [0.05, 0.1) is 18.8 Å². The minimum absolute atomic E-state index is 0.0564. The van der Waals surface area contributed by atoms with E-state index in [-0.39, 0.29) is 11.8 Å². The molecule has 1 aliphatic heterocycles. The summed E-state index contributed by atoms with van der Waals surface area (Å²) in [5, 5.41) is -0.445. The van der Waals surface area contributed by atoms with Gasteiger partial charge in [-0.05, 0) is 38.7 Å². The summed E-state index contributed by atoms with van der Waals surface area (Å²) in [6.07, 6.45) is 2.12. The fourth-order valence-electron chi connectivity index (χ4n) is 2.98. The maximum atomic E-state index is 12.6. The summed E-state index contributed by atoms with van der Waals surface area (Å²) in [6, 6.07) is 7.52. The predicted molar refractivity (Wildman–Crippen MR) is 98.1 cm³/mol. The fraction of sp³-hybridized carbons (Fsp3) is 0.611. The van der Waals surface area contributed by atoms with Crippen LogP contribution in [0.15, 0.2) is 24.3 Å². The second-order valence-corrected chi connectivity index (χ2v) is 9.10. The molecule has 0 radical (unpaired) electrons. The van der Waals surface area contributed by atoms with E-state index in [1.165, 1.54) is 0 Å². The van der Waals surface area contributed by atoms with Crippen LogP contribution in [0, 0.1) is 5.92 Å². The van der Waals surface area contributed by atoms with Gasteiger partial charge in [0, 0.05) is 25.2 Å². The van der Waals surface area contributed by atoms with E-state index in [9.17, 15) is 13.2 Å². The number of nitrogens with one attached hydrogen (secondary N) is 1. The molecular weight excluding hydrogens is 340 g/mol. The van der Waals surface area contributed by atoms with E-state index in [4.69, 9.17) is 4.74 Å². The average Bonchev–Trinajstić information content (AvgIpc) is 2.60. The van der Waals surface area contributed by atoms with Gasteiger partial charge in [0.25, 0.3) is 0 Å². The molecule has 0 spiro atoms. The summed E-state index contributed by atoms with van der Waals surface area (Å²) in [5.41, 5.74) is 0.873. The van der Waals surface area contributed by atoms with Gasteiger partial charge in [-0.25, -0.2) is 13.1 Å². The van der Waals surface area contributed by atoms with E-state index in [2.05, 4.69) is 4.72 Å². The lowest BCUT2D eigenvalue weighted by Crippen LogP contribution is -2.45. The summed E-state index contributed by atoms with van der Waals surface area (Å²) in [5.74, 6) is 0.930. The Morgan fingerprint density at radius 2 is 2.08 bits per heavy atom. The molecule has 1 heterocycles. The molecule has 140 valence electrons. The quantitative estimate of drug-likeness (QED) is 0.796. The maximum Gasteiger partial charge on any atom is 0.227 e. The number of sulfonamides is 1. The third kappa shape index (κ3) is 5.44. The Labute approximate surface area is 150 Å². The van der Waals surface area contributed by atoms with E-state index in [0.29, 0.717) is 25.3 Å². The Morgan fingerprint density at radius 1 is 1.36 bits per heavy atom. The monoisotopic (exact) mass is 368 g/mol. The highest BCUT2D eigenvalue weighted by Crippen LogP contribution is 2.21. The van der Waals surface area contributed by atoms with E-state index in [0.717, 1.165) is 24.9 Å². The molecule has 6 nitrogen and oxygen atoms in total. The van der Waals surface area contributed by atoms with Crippen LogP contribution in [0.2, 0.25) is 0 Å². The number of hydrogen-bond donors (Lipinski definition) is 1. The van der Waals surface area contributed by atoms with E-state index < -0.39 is 15.3 Å². The second kappa shape index (κ2) is 8.67. The molecule has 1 aromatic rings. The minimum atomic E-state index is -3.26. The van der Waals surface area contributed by atoms with Crippen LogP contribution in [0.1, 0.15) is 32.3 Å². The molecule has 0 saturated carbocycles. The molecule has 0 aliphatic carbocycles. The van der Waals surface area contributed by atoms with E-state index >= 15 is 0 Å². The summed E-state index contributed by atoms with van der Waals surface area (Å²) in [4.78, 5) is 14.5. The van der Waals surface area contributed by atoms with Gasteiger partial charge >= 0.3 is 0 Å². The second-order valence-electron chi connectivity index (χ2n) is 6.78. The highest BCUT2D eigenvalue weighted by Gasteiger charge is 2.26. The molecule has 0 bridgehead atoms. The lowest BCUT2D eigenvalue weighted by molar-refractivity contribution is -0.132. The lowest BCUT2D eigenvalue weighted by Gasteiger charge is -2.33. The first kappa shape index (κ1) is 19.7. The normalized spacial score (nSPS) is 18.4. The lowest BCUT2D eigenvalue weighted by atomic mass is 9.97. The zero-order valence-corrected chi connectivity index (χ0v) is 16.0. The summed E-state index contributed by atoms with van der Waals surface area (Å²) in [6.45, 7) is 5.02. The average molecular weight is 368 g/mol. The summed E-state index contributed by atoms with van der Waals surface area (Å²) in [7, 11) is -1.66. The third-order valence-corrected chi connectivity index (χ3v) is 6.41. The molecule has 25 heavy (non-hydrogen) atoms. The van der Waals surface area contributed by atoms with Gasteiger partial charge in [-0.3, -0.25) is 4.79 Å². The number of piperidine rings is 1. The highest BCUT2D eigenvalue weighted by molar-refractivity contribution is 7.90. The van der Waals surface area contributed by atoms with Crippen molar-refractivity contribution in [1.82, 2.24) is 9.62 Å². The van der Waals surface area contributed by atoms with Crippen molar-refractivity contribution >= 4 is 15.9 Å². The van der Waals surface area contributed by atoms with Crippen molar-refractivity contribution in [2.24, 2.45) is 5.92 Å². The van der Waals surface area contributed by atoms with Crippen molar-refractivity contribution in [3.8, 4) is 5.75 Å². The molecule has 0 aromatic heterocycles. The highest BCUT2D eigenvalue weighted by atomic mass is 32.2. The van der Waals surface area contributed by atoms with Crippen LogP contribution in [0.25, 0.3) is 0 Å². The molecular formula is C18H28N2O4S. The van der Waals surface area contributed by atoms with Crippen molar-refractivity contribution < 1.29 is 17.9 Å². The van der Waals surface area contributed by atoms with Crippen LogP contribution in [-0.4, -0.2) is 51.2 Å². The summed E-state index contributed by atoms with van der Waals surface area (Å²) >= 11 is 0. The van der Waals surface area contributed by atoms with E-state index in [1.54, 1.807) is 21.0 Å². The molecule has 1 saturated heterocycles. The van der Waals surface area contributed by atoms with Crippen LogP contribution in [0.5, 0.6) is 5.75 Å². The van der Waals surface area contributed by atoms with Crippen molar-refractivity contribution in [3.63, 3.8) is 0 Å². The Kier molecular flexibility index (Phi) is 6.84. The van der Waals surface area contributed by atoms with Gasteiger partial charge < -0.3 is 9.64 Å². The Bertz CT molecular complexity index is 688. The number of benzene rings is 1. The maximum absolute atomic E-state index is 12.6. The van der Waals surface area contributed by atoms with Gasteiger partial charge in [0.1, 0.15) is 5.75 Å². The molecule has 0 unspecified atom stereocenters. The van der Waals surface area contributed by atoms with Crippen molar-refractivity contribution in [1.29, 1.82) is 0 Å². The van der Waals surface area contributed by atoms with Gasteiger partial charge in [-0.1, -0.05) is 18.2 Å². The van der Waals surface area contributed by atoms with Crippen LogP contribution < -0.4 is 9.46 Å². The van der Waals surface area contributed by atoms with Gasteiger partial charge in [0.15, 0.2) is 0 Å². The molecule has 2 rings (SSSR count). The van der Waals surface area contributed by atoms with Gasteiger partial charge in [-0.2, -0.15) is 0 Å². The number of nitrogens with zero attached hydrogens (tertiary/aromatic N) is 1. The zero-order chi connectivity index (χ0) is 18.4. The number of likely N-dealkylation sites (tertiary alicyclic amines) is 1. The van der Waals surface area contributed by atoms with Crippen molar-refractivity contribution in [2.75, 3.05) is 26.7 Å². The number of amides is 1. The van der Waals surface area contributed by atoms with Crippen molar-refractivity contribution in [3.05, 3.63) is 29.8 Å². The number of methoxy groups -OCH3 is 1. The molecule has 1 fully saturated rings. The SMILES string of the molecule is COc1ccccc1CC(=O)N1CCC[C@H](CNS(=O)(=O)C(C)C)C1. The summed E-state index contributed by atoms with van der Waals surface area (Å²) < 4.78 is 31.8. The molecule has 1 atom stereocenters. The predicted octanol–water partition coefficient (Wildman–Crippen LogP) is 1.80. The van der Waals surface area contributed by atoms with Crippen LogP contribution >= 0.6 is 0 Å². The van der Waals surface area contributed by atoms with Gasteiger partial charge in [0.2, 0.25) is 15.9 Å². The topological polar surface area (TPSA) is 75.7 Å². The smallest absolute Gasteiger partial charge is 0.227 e. The van der Waals surface area contributed by atoms with Crippen LogP contribution in [-0.2, 0) is 21.2 Å². The van der Waals surface area contributed by atoms with Crippen LogP contribution in [0.3, 0.4) is 0 Å². The minimum Gasteiger partial charge on any atom is -0.496 e.